The molecule has 1 aliphatic heterocycles. The maximum absolute atomic E-state index is 12.9. The third-order valence-corrected chi connectivity index (χ3v) is 4.57. The van der Waals surface area contributed by atoms with E-state index in [0.717, 1.165) is 11.1 Å². The van der Waals surface area contributed by atoms with Crippen LogP contribution in [0.3, 0.4) is 0 Å². The number of fused-ring (bicyclic) bond motifs is 1. The minimum Gasteiger partial charge on any atom is -0.482 e. The number of hydrogen-bond donors (Lipinski definition) is 1. The summed E-state index contributed by atoms with van der Waals surface area (Å²) in [5, 5.41) is 9.37. The molecule has 0 aliphatic carbocycles. The lowest BCUT2D eigenvalue weighted by atomic mass is 9.95. The van der Waals surface area contributed by atoms with Crippen molar-refractivity contribution in [2.75, 3.05) is 11.5 Å². The molecule has 4 rings (SSSR count). The molecule has 27 heavy (non-hydrogen) atoms. The van der Waals surface area contributed by atoms with Gasteiger partial charge in [0.05, 0.1) is 17.3 Å². The summed E-state index contributed by atoms with van der Waals surface area (Å²) < 4.78 is 5.54. The second kappa shape index (κ2) is 6.96. The first kappa shape index (κ1) is 16.8. The minimum atomic E-state index is -1.05. The highest BCUT2D eigenvalue weighted by Gasteiger charge is 2.34. The van der Waals surface area contributed by atoms with E-state index in [-0.39, 0.29) is 24.1 Å². The van der Waals surface area contributed by atoms with Crippen molar-refractivity contribution in [3.05, 3.63) is 95.6 Å². The first-order valence-electron chi connectivity index (χ1n) is 8.57. The van der Waals surface area contributed by atoms with Gasteiger partial charge >= 0.3 is 5.97 Å². The zero-order valence-corrected chi connectivity index (χ0v) is 14.4. The lowest BCUT2D eigenvalue weighted by Gasteiger charge is -2.36. The Balaban J connectivity index is 1.91. The van der Waals surface area contributed by atoms with E-state index in [2.05, 4.69) is 0 Å². The summed E-state index contributed by atoms with van der Waals surface area (Å²) >= 11 is 0. The highest BCUT2D eigenvalue weighted by molar-refractivity contribution is 6.01. The Morgan fingerprint density at radius 1 is 0.926 bits per heavy atom. The Kier molecular flexibility index (Phi) is 4.34. The van der Waals surface area contributed by atoms with Gasteiger partial charge in [0, 0.05) is 0 Å². The van der Waals surface area contributed by atoms with Crippen LogP contribution in [0.25, 0.3) is 0 Å². The van der Waals surface area contributed by atoms with E-state index in [1.807, 2.05) is 60.7 Å². The predicted octanol–water partition coefficient (Wildman–Crippen LogP) is 3.90. The summed E-state index contributed by atoms with van der Waals surface area (Å²) in [7, 11) is 0. The third kappa shape index (κ3) is 3.15. The standard InChI is InChI=1S/C22H17NO4/c24-20-14-27-19-12-11-17(22(25)26)13-18(19)23(20)21(15-7-3-1-4-8-15)16-9-5-2-6-10-16/h1-13,21H,14H2,(H,25,26). The monoisotopic (exact) mass is 359 g/mol. The number of nitrogens with zero attached hydrogens (tertiary/aromatic N) is 1. The van der Waals surface area contributed by atoms with Crippen molar-refractivity contribution in [1.29, 1.82) is 0 Å². The van der Waals surface area contributed by atoms with Gasteiger partial charge in [-0.15, -0.1) is 0 Å². The number of ether oxygens (including phenoxy) is 1. The Morgan fingerprint density at radius 3 is 2.07 bits per heavy atom. The Labute approximate surface area is 156 Å². The van der Waals surface area contributed by atoms with E-state index >= 15 is 0 Å². The molecular formula is C22H17NO4. The van der Waals surface area contributed by atoms with Crippen LogP contribution in [-0.2, 0) is 4.79 Å². The largest absolute Gasteiger partial charge is 0.482 e. The molecule has 0 aromatic heterocycles. The maximum atomic E-state index is 12.9. The number of anilines is 1. The highest BCUT2D eigenvalue weighted by Crippen LogP contribution is 2.40. The molecule has 1 aliphatic rings. The topological polar surface area (TPSA) is 66.8 Å². The highest BCUT2D eigenvalue weighted by atomic mass is 16.5. The molecule has 0 radical (unpaired) electrons. The van der Waals surface area contributed by atoms with Gasteiger partial charge < -0.3 is 9.84 Å². The number of carbonyl (C=O) groups is 2. The van der Waals surface area contributed by atoms with Gasteiger partial charge in [-0.3, -0.25) is 9.69 Å². The van der Waals surface area contributed by atoms with Crippen molar-refractivity contribution in [2.45, 2.75) is 6.04 Å². The van der Waals surface area contributed by atoms with Gasteiger partial charge in [-0.05, 0) is 29.3 Å². The molecule has 3 aromatic carbocycles. The molecule has 5 nitrogen and oxygen atoms in total. The van der Waals surface area contributed by atoms with E-state index in [1.165, 1.54) is 12.1 Å². The Bertz CT molecular complexity index is 946. The Morgan fingerprint density at radius 2 is 1.52 bits per heavy atom. The number of benzene rings is 3. The predicted molar refractivity (Wildman–Crippen MR) is 101 cm³/mol. The number of amides is 1. The van der Waals surface area contributed by atoms with Gasteiger partial charge in [-0.2, -0.15) is 0 Å². The van der Waals surface area contributed by atoms with Crippen LogP contribution in [0.4, 0.5) is 5.69 Å². The molecule has 134 valence electrons. The zero-order valence-electron chi connectivity index (χ0n) is 14.4. The summed E-state index contributed by atoms with van der Waals surface area (Å²) in [4.78, 5) is 26.0. The van der Waals surface area contributed by atoms with E-state index in [1.54, 1.807) is 11.0 Å². The average Bonchev–Trinajstić information content (AvgIpc) is 2.71. The van der Waals surface area contributed by atoms with Crippen LogP contribution in [-0.4, -0.2) is 23.6 Å². The van der Waals surface area contributed by atoms with E-state index in [0.29, 0.717) is 11.4 Å². The number of hydrogen-bond acceptors (Lipinski definition) is 3. The molecule has 5 heteroatoms. The summed E-state index contributed by atoms with van der Waals surface area (Å²) in [5.74, 6) is -0.772. The summed E-state index contributed by atoms with van der Waals surface area (Å²) in [6.07, 6.45) is 0. The molecule has 1 N–H and O–H groups in total. The van der Waals surface area contributed by atoms with Gasteiger partial charge in [-0.1, -0.05) is 60.7 Å². The first-order valence-corrected chi connectivity index (χ1v) is 8.57. The molecular weight excluding hydrogens is 342 g/mol. The number of aromatic carboxylic acids is 1. The quantitative estimate of drug-likeness (QED) is 0.767. The van der Waals surface area contributed by atoms with Crippen molar-refractivity contribution in [1.82, 2.24) is 0 Å². The molecule has 0 saturated carbocycles. The van der Waals surface area contributed by atoms with Gasteiger partial charge in [0.15, 0.2) is 6.61 Å². The molecule has 0 fully saturated rings. The fourth-order valence-corrected chi connectivity index (χ4v) is 3.35. The van der Waals surface area contributed by atoms with Gasteiger partial charge in [0.1, 0.15) is 5.75 Å². The zero-order chi connectivity index (χ0) is 18.8. The first-order chi connectivity index (χ1) is 13.1. The summed E-state index contributed by atoms with van der Waals surface area (Å²) in [5.41, 5.74) is 2.44. The fraction of sp³-hybridized carbons (Fsp3) is 0.0909. The van der Waals surface area contributed by atoms with Crippen molar-refractivity contribution < 1.29 is 19.4 Å². The Hall–Kier alpha value is -3.60. The van der Waals surface area contributed by atoms with Crippen LogP contribution < -0.4 is 9.64 Å². The van der Waals surface area contributed by atoms with Crippen molar-refractivity contribution in [3.63, 3.8) is 0 Å². The molecule has 0 saturated heterocycles. The lowest BCUT2D eigenvalue weighted by Crippen LogP contribution is -2.42. The SMILES string of the molecule is O=C(O)c1ccc2c(c1)N(C(c1ccccc1)c1ccccc1)C(=O)CO2. The molecule has 1 amide bonds. The van der Waals surface area contributed by atoms with Crippen molar-refractivity contribution in [3.8, 4) is 5.75 Å². The third-order valence-electron chi connectivity index (χ3n) is 4.57. The molecule has 3 aromatic rings. The normalized spacial score (nSPS) is 13.2. The van der Waals surface area contributed by atoms with Crippen LogP contribution >= 0.6 is 0 Å². The molecule has 0 atom stereocenters. The van der Waals surface area contributed by atoms with Crippen LogP contribution in [0.1, 0.15) is 27.5 Å². The molecule has 0 spiro atoms. The number of carbonyl (C=O) groups excluding carboxylic acids is 1. The smallest absolute Gasteiger partial charge is 0.335 e. The van der Waals surface area contributed by atoms with Crippen molar-refractivity contribution >= 4 is 17.6 Å². The maximum Gasteiger partial charge on any atom is 0.335 e. The molecule has 1 heterocycles. The van der Waals surface area contributed by atoms with E-state index in [4.69, 9.17) is 4.74 Å². The second-order valence-corrected chi connectivity index (χ2v) is 6.26. The molecule has 0 unspecified atom stereocenters. The average molecular weight is 359 g/mol. The second-order valence-electron chi connectivity index (χ2n) is 6.26. The fourth-order valence-electron chi connectivity index (χ4n) is 3.35. The van der Waals surface area contributed by atoms with Gasteiger partial charge in [0.2, 0.25) is 0 Å². The van der Waals surface area contributed by atoms with Crippen molar-refractivity contribution in [2.24, 2.45) is 0 Å². The van der Waals surface area contributed by atoms with Crippen LogP contribution in [0, 0.1) is 0 Å². The number of carboxylic acid groups (broad SMARTS) is 1. The summed E-state index contributed by atoms with van der Waals surface area (Å²) in [6.45, 7) is -0.0877. The lowest BCUT2D eigenvalue weighted by molar-refractivity contribution is -0.121. The van der Waals surface area contributed by atoms with Crippen LogP contribution in [0.15, 0.2) is 78.9 Å². The van der Waals surface area contributed by atoms with Crippen LogP contribution in [0.5, 0.6) is 5.75 Å². The number of carboxylic acids is 1. The van der Waals surface area contributed by atoms with E-state index < -0.39 is 5.97 Å². The van der Waals surface area contributed by atoms with Gasteiger partial charge in [0.25, 0.3) is 5.91 Å². The minimum absolute atomic E-state index is 0.0877. The molecule has 0 bridgehead atoms. The summed E-state index contributed by atoms with van der Waals surface area (Å²) in [6, 6.07) is 23.6. The van der Waals surface area contributed by atoms with E-state index in [9.17, 15) is 14.7 Å². The van der Waals surface area contributed by atoms with Gasteiger partial charge in [-0.25, -0.2) is 4.79 Å². The van der Waals surface area contributed by atoms with Crippen LogP contribution in [0.2, 0.25) is 0 Å². The number of rotatable bonds is 4.